The van der Waals surface area contributed by atoms with Crippen molar-refractivity contribution in [1.82, 2.24) is 0 Å². The first-order valence-corrected chi connectivity index (χ1v) is 5.01. The predicted molar refractivity (Wildman–Crippen MR) is 49.6 cm³/mol. The number of aliphatic hydroxyl groups is 1. The Morgan fingerprint density at radius 3 is 2.36 bits per heavy atom. The highest BCUT2D eigenvalue weighted by molar-refractivity contribution is 4.92. The van der Waals surface area contributed by atoms with Gasteiger partial charge in [0.2, 0.25) is 0 Å². The molecule has 0 aliphatic carbocycles. The van der Waals surface area contributed by atoms with Crippen molar-refractivity contribution in [2.45, 2.75) is 64.0 Å². The van der Waals surface area contributed by atoms with Crippen LogP contribution in [0.25, 0.3) is 0 Å². The van der Waals surface area contributed by atoms with Crippen LogP contribution in [0.15, 0.2) is 0 Å². The zero-order valence-corrected chi connectivity index (χ0v) is 9.11. The molecule has 1 N–H and O–H groups in total. The molecule has 0 spiro atoms. The van der Waals surface area contributed by atoms with Crippen LogP contribution in [0.1, 0.15) is 34.1 Å². The van der Waals surface area contributed by atoms with E-state index >= 15 is 0 Å². The number of hydrogen-bond donors (Lipinski definition) is 1. The van der Waals surface area contributed by atoms with Crippen molar-refractivity contribution < 1.29 is 19.3 Å². The first kappa shape index (κ1) is 10.4. The Morgan fingerprint density at radius 2 is 1.71 bits per heavy atom. The molecule has 4 heteroatoms. The number of ether oxygens (including phenoxy) is 3. The summed E-state index contributed by atoms with van der Waals surface area (Å²) < 4.78 is 16.7. The van der Waals surface area contributed by atoms with Gasteiger partial charge < -0.3 is 19.3 Å². The quantitative estimate of drug-likeness (QED) is 0.637. The second kappa shape index (κ2) is 2.92. The number of aliphatic hydroxyl groups excluding tert-OH is 1. The van der Waals surface area contributed by atoms with E-state index in [1.165, 1.54) is 0 Å². The van der Waals surface area contributed by atoms with Crippen molar-refractivity contribution >= 4 is 0 Å². The lowest BCUT2D eigenvalue weighted by Gasteiger charge is -2.38. The number of rotatable bonds is 0. The smallest absolute Gasteiger partial charge is 0.184 e. The molecule has 0 aromatic heterocycles. The molecule has 0 saturated carbocycles. The minimum absolute atomic E-state index is 0.0660. The monoisotopic (exact) mass is 202 g/mol. The summed E-state index contributed by atoms with van der Waals surface area (Å²) in [6.07, 6.45) is -0.551. The highest BCUT2D eigenvalue weighted by atomic mass is 16.8. The Balaban J connectivity index is 2.15. The predicted octanol–water partition coefficient (Wildman–Crippen LogP) is 1.02. The van der Waals surface area contributed by atoms with E-state index in [0.29, 0.717) is 0 Å². The second-order valence-corrected chi connectivity index (χ2v) is 5.11. The molecule has 0 bridgehead atoms. The van der Waals surface area contributed by atoms with Crippen LogP contribution in [-0.2, 0) is 14.2 Å². The van der Waals surface area contributed by atoms with Crippen LogP contribution in [0.2, 0.25) is 0 Å². The maximum atomic E-state index is 9.72. The van der Waals surface area contributed by atoms with Crippen molar-refractivity contribution in [2.75, 3.05) is 0 Å². The van der Waals surface area contributed by atoms with E-state index < -0.39 is 12.1 Å². The number of fused-ring (bicyclic) bond motifs is 1. The van der Waals surface area contributed by atoms with E-state index in [0.717, 1.165) is 6.42 Å². The van der Waals surface area contributed by atoms with Gasteiger partial charge in [-0.3, -0.25) is 0 Å². The summed E-state index contributed by atoms with van der Waals surface area (Å²) >= 11 is 0. The molecule has 2 heterocycles. The van der Waals surface area contributed by atoms with Crippen LogP contribution in [0, 0.1) is 0 Å². The van der Waals surface area contributed by atoms with Gasteiger partial charge in [0.15, 0.2) is 12.1 Å². The van der Waals surface area contributed by atoms with E-state index in [1.807, 2.05) is 27.7 Å². The maximum Gasteiger partial charge on any atom is 0.184 e. The van der Waals surface area contributed by atoms with Crippen LogP contribution >= 0.6 is 0 Å². The fourth-order valence-electron chi connectivity index (χ4n) is 2.19. The Labute approximate surface area is 84.1 Å². The lowest BCUT2D eigenvalue weighted by Crippen LogP contribution is -2.50. The number of hydrogen-bond acceptors (Lipinski definition) is 4. The molecule has 0 amide bonds. The summed E-state index contributed by atoms with van der Waals surface area (Å²) in [6.45, 7) is 7.60. The zero-order valence-electron chi connectivity index (χ0n) is 9.11. The highest BCUT2D eigenvalue weighted by Gasteiger charge is 2.51. The average Bonchev–Trinajstić information content (AvgIpc) is 2.21. The standard InChI is InChI=1S/C10H18O4/c1-9(2)5-6-7(8(11)14-9)13-10(3,4)12-6/h6-8,11H,5H2,1-4H3/t6-,7?,8?/m1/s1. The van der Waals surface area contributed by atoms with Gasteiger partial charge in [-0.15, -0.1) is 0 Å². The van der Waals surface area contributed by atoms with Gasteiger partial charge in [-0.05, 0) is 27.7 Å². The van der Waals surface area contributed by atoms with E-state index in [9.17, 15) is 5.11 Å². The third-order valence-electron chi connectivity index (χ3n) is 2.64. The first-order chi connectivity index (χ1) is 6.29. The van der Waals surface area contributed by atoms with Gasteiger partial charge in [-0.1, -0.05) is 0 Å². The molecule has 2 rings (SSSR count). The van der Waals surface area contributed by atoms with Crippen molar-refractivity contribution in [2.24, 2.45) is 0 Å². The molecule has 82 valence electrons. The molecule has 4 nitrogen and oxygen atoms in total. The summed E-state index contributed by atoms with van der Waals surface area (Å²) in [5.41, 5.74) is -0.343. The van der Waals surface area contributed by atoms with Gasteiger partial charge in [0.05, 0.1) is 11.7 Å². The minimum atomic E-state index is -0.884. The largest absolute Gasteiger partial charge is 0.366 e. The molecule has 3 atom stereocenters. The summed E-state index contributed by atoms with van der Waals surface area (Å²) in [5.74, 6) is -0.611. The fraction of sp³-hybridized carbons (Fsp3) is 1.00. The van der Waals surface area contributed by atoms with Gasteiger partial charge in [-0.25, -0.2) is 0 Å². The van der Waals surface area contributed by atoms with E-state index in [4.69, 9.17) is 14.2 Å². The van der Waals surface area contributed by atoms with Gasteiger partial charge in [0.25, 0.3) is 0 Å². The van der Waals surface area contributed by atoms with Gasteiger partial charge in [0, 0.05) is 6.42 Å². The van der Waals surface area contributed by atoms with Gasteiger partial charge in [0.1, 0.15) is 6.10 Å². The molecule has 0 radical (unpaired) electrons. The van der Waals surface area contributed by atoms with Crippen LogP contribution in [-0.4, -0.2) is 35.0 Å². The summed E-state index contributed by atoms with van der Waals surface area (Å²) in [5, 5.41) is 9.72. The highest BCUT2D eigenvalue weighted by Crippen LogP contribution is 2.39. The molecule has 2 aliphatic rings. The van der Waals surface area contributed by atoms with Crippen molar-refractivity contribution in [3.63, 3.8) is 0 Å². The topological polar surface area (TPSA) is 47.9 Å². The lowest BCUT2D eigenvalue weighted by molar-refractivity contribution is -0.255. The normalized spacial score (nSPS) is 44.8. The average molecular weight is 202 g/mol. The van der Waals surface area contributed by atoms with E-state index in [-0.39, 0.29) is 17.8 Å². The Morgan fingerprint density at radius 1 is 1.07 bits per heavy atom. The van der Waals surface area contributed by atoms with Gasteiger partial charge >= 0.3 is 0 Å². The molecule has 2 aliphatic heterocycles. The summed E-state index contributed by atoms with van der Waals surface area (Å²) in [6, 6.07) is 0. The minimum Gasteiger partial charge on any atom is -0.366 e. The van der Waals surface area contributed by atoms with E-state index in [1.54, 1.807) is 0 Å². The zero-order chi connectivity index (χ0) is 10.6. The van der Waals surface area contributed by atoms with Crippen molar-refractivity contribution in [3.05, 3.63) is 0 Å². The van der Waals surface area contributed by atoms with Crippen molar-refractivity contribution in [1.29, 1.82) is 0 Å². The summed E-state index contributed by atoms with van der Waals surface area (Å²) in [4.78, 5) is 0. The molecular formula is C10H18O4. The fourth-order valence-corrected chi connectivity index (χ4v) is 2.19. The molecule has 2 unspecified atom stereocenters. The first-order valence-electron chi connectivity index (χ1n) is 5.01. The van der Waals surface area contributed by atoms with Crippen LogP contribution < -0.4 is 0 Å². The van der Waals surface area contributed by atoms with Crippen molar-refractivity contribution in [3.8, 4) is 0 Å². The summed E-state index contributed by atoms with van der Waals surface area (Å²) in [7, 11) is 0. The molecule has 2 fully saturated rings. The van der Waals surface area contributed by atoms with E-state index in [2.05, 4.69) is 0 Å². The Hall–Kier alpha value is -0.160. The third kappa shape index (κ3) is 1.80. The maximum absolute atomic E-state index is 9.72. The van der Waals surface area contributed by atoms with Crippen LogP contribution in [0.5, 0.6) is 0 Å². The van der Waals surface area contributed by atoms with Crippen LogP contribution in [0.3, 0.4) is 0 Å². The SMILES string of the molecule is CC1(C)C[C@H]2OC(C)(C)OC2C(O)O1. The van der Waals surface area contributed by atoms with Gasteiger partial charge in [-0.2, -0.15) is 0 Å². The van der Waals surface area contributed by atoms with Crippen LogP contribution in [0.4, 0.5) is 0 Å². The Bertz CT molecular complexity index is 236. The molecular weight excluding hydrogens is 184 g/mol. The third-order valence-corrected chi connectivity index (χ3v) is 2.64. The molecule has 14 heavy (non-hydrogen) atoms. The Kier molecular flexibility index (Phi) is 2.16. The molecule has 0 aromatic rings. The molecule has 0 aromatic carbocycles. The molecule has 2 saturated heterocycles. The second-order valence-electron chi connectivity index (χ2n) is 5.11. The lowest BCUT2D eigenvalue weighted by atomic mass is 9.94.